The van der Waals surface area contributed by atoms with Crippen LogP contribution in [-0.2, 0) is 0 Å². The number of carbonyl (C=O) groups excluding carboxylic acids is 1. The van der Waals surface area contributed by atoms with Crippen LogP contribution in [0, 0.1) is 0 Å². The Balaban J connectivity index is 2.18. The number of benzene rings is 1. The van der Waals surface area contributed by atoms with Gasteiger partial charge in [0.1, 0.15) is 0 Å². The van der Waals surface area contributed by atoms with Crippen LogP contribution in [0.4, 0.5) is 0 Å². The number of amides is 1. The number of likely N-dealkylation sites (N-methyl/N-ethyl adjacent to an activating group) is 1. The van der Waals surface area contributed by atoms with Crippen molar-refractivity contribution in [3.63, 3.8) is 0 Å². The summed E-state index contributed by atoms with van der Waals surface area (Å²) in [5, 5.41) is 0. The summed E-state index contributed by atoms with van der Waals surface area (Å²) in [4.78, 5) is 16.8. The van der Waals surface area contributed by atoms with Gasteiger partial charge >= 0.3 is 0 Å². The zero-order chi connectivity index (χ0) is 14.0. The predicted molar refractivity (Wildman–Crippen MR) is 84.5 cm³/mol. The predicted octanol–water partition coefficient (Wildman–Crippen LogP) is 3.38. The molecule has 1 aromatic rings. The van der Waals surface area contributed by atoms with Crippen LogP contribution in [0.1, 0.15) is 23.2 Å². The average Bonchev–Trinajstić information content (AvgIpc) is 2.75. The first kappa shape index (κ1) is 15.0. The fourth-order valence-corrected chi connectivity index (χ4v) is 3.75. The van der Waals surface area contributed by atoms with Gasteiger partial charge in [-0.3, -0.25) is 4.79 Å². The van der Waals surface area contributed by atoms with Gasteiger partial charge < -0.3 is 9.80 Å². The highest BCUT2D eigenvalue weighted by Crippen LogP contribution is 2.26. The van der Waals surface area contributed by atoms with Crippen molar-refractivity contribution in [1.82, 2.24) is 9.80 Å². The molecule has 1 atom stereocenters. The molecule has 19 heavy (non-hydrogen) atoms. The second kappa shape index (κ2) is 6.37. The number of rotatable bonds is 3. The highest BCUT2D eigenvalue weighted by atomic mass is 79.9. The normalized spacial score (nSPS) is 19.2. The van der Waals surface area contributed by atoms with Gasteiger partial charge in [0.25, 0.3) is 5.91 Å². The van der Waals surface area contributed by atoms with E-state index in [2.05, 4.69) is 50.9 Å². The van der Waals surface area contributed by atoms with Gasteiger partial charge in [0.15, 0.2) is 0 Å². The largest absolute Gasteiger partial charge is 0.334 e. The van der Waals surface area contributed by atoms with Gasteiger partial charge in [0.05, 0.1) is 5.56 Å². The lowest BCUT2D eigenvalue weighted by atomic mass is 10.1. The molecule has 0 saturated carbocycles. The van der Waals surface area contributed by atoms with Gasteiger partial charge in [0.2, 0.25) is 0 Å². The number of likely N-dealkylation sites (tertiary alicyclic amines) is 1. The summed E-state index contributed by atoms with van der Waals surface area (Å²) < 4.78 is 1.82. The zero-order valence-electron chi connectivity index (χ0n) is 11.2. The molecule has 1 heterocycles. The Hall–Kier alpha value is -0.390. The lowest BCUT2D eigenvalue weighted by Crippen LogP contribution is -2.41. The van der Waals surface area contributed by atoms with E-state index >= 15 is 0 Å². The Labute approximate surface area is 131 Å². The van der Waals surface area contributed by atoms with Crippen LogP contribution in [0.25, 0.3) is 0 Å². The van der Waals surface area contributed by atoms with Gasteiger partial charge in [-0.15, -0.1) is 0 Å². The van der Waals surface area contributed by atoms with Crippen molar-refractivity contribution in [3.05, 3.63) is 32.7 Å². The van der Waals surface area contributed by atoms with Crippen molar-refractivity contribution in [3.8, 4) is 0 Å². The first-order valence-corrected chi connectivity index (χ1v) is 7.98. The fourth-order valence-electron chi connectivity index (χ4n) is 2.53. The Bertz CT molecular complexity index is 477. The van der Waals surface area contributed by atoms with E-state index in [-0.39, 0.29) is 5.91 Å². The second-order valence-electron chi connectivity index (χ2n) is 5.18. The van der Waals surface area contributed by atoms with Crippen molar-refractivity contribution in [1.29, 1.82) is 0 Å². The molecule has 0 N–H and O–H groups in total. The SMILES string of the molecule is CN(C)CC1CCCN1C(=O)c1ccc(Br)cc1Br. The van der Waals surface area contributed by atoms with Crippen LogP contribution in [0.2, 0.25) is 0 Å². The molecule has 0 bridgehead atoms. The maximum absolute atomic E-state index is 12.6. The van der Waals surface area contributed by atoms with Crippen LogP contribution in [0.3, 0.4) is 0 Å². The molecule has 1 aliphatic rings. The minimum atomic E-state index is 0.128. The zero-order valence-corrected chi connectivity index (χ0v) is 14.4. The topological polar surface area (TPSA) is 23.6 Å². The molecule has 0 aliphatic carbocycles. The molecule has 1 saturated heterocycles. The van der Waals surface area contributed by atoms with Gasteiger partial charge in [-0.25, -0.2) is 0 Å². The van der Waals surface area contributed by atoms with E-state index in [9.17, 15) is 4.79 Å². The standard InChI is InChI=1S/C14H18Br2N2O/c1-17(2)9-11-4-3-7-18(11)14(19)12-6-5-10(15)8-13(12)16/h5-6,8,11H,3-4,7,9H2,1-2H3. The minimum absolute atomic E-state index is 0.128. The molecule has 5 heteroatoms. The molecular weight excluding hydrogens is 372 g/mol. The summed E-state index contributed by atoms with van der Waals surface area (Å²) in [6.07, 6.45) is 2.19. The lowest BCUT2D eigenvalue weighted by Gasteiger charge is -2.27. The minimum Gasteiger partial charge on any atom is -0.334 e. The van der Waals surface area contributed by atoms with Crippen LogP contribution in [0.15, 0.2) is 27.1 Å². The molecule has 1 aromatic carbocycles. The maximum atomic E-state index is 12.6. The van der Waals surface area contributed by atoms with Crippen molar-refractivity contribution < 1.29 is 4.79 Å². The third kappa shape index (κ3) is 3.58. The maximum Gasteiger partial charge on any atom is 0.255 e. The quantitative estimate of drug-likeness (QED) is 0.791. The first-order chi connectivity index (χ1) is 8.99. The van der Waals surface area contributed by atoms with Gasteiger partial charge in [-0.1, -0.05) is 15.9 Å². The van der Waals surface area contributed by atoms with Crippen LogP contribution >= 0.6 is 31.9 Å². The summed E-state index contributed by atoms with van der Waals surface area (Å²) in [6.45, 7) is 1.79. The molecule has 0 radical (unpaired) electrons. The molecule has 1 amide bonds. The number of halogens is 2. The van der Waals surface area contributed by atoms with Crippen molar-refractivity contribution >= 4 is 37.8 Å². The van der Waals surface area contributed by atoms with E-state index < -0.39 is 0 Å². The van der Waals surface area contributed by atoms with Crippen molar-refractivity contribution in [2.45, 2.75) is 18.9 Å². The second-order valence-corrected chi connectivity index (χ2v) is 6.95. The summed E-state index contributed by atoms with van der Waals surface area (Å²) in [5.74, 6) is 0.128. The summed E-state index contributed by atoms with van der Waals surface area (Å²) >= 11 is 6.89. The van der Waals surface area contributed by atoms with E-state index in [1.807, 2.05) is 23.1 Å². The third-order valence-electron chi connectivity index (χ3n) is 3.38. The number of nitrogens with zero attached hydrogens (tertiary/aromatic N) is 2. The van der Waals surface area contributed by atoms with Crippen LogP contribution in [0.5, 0.6) is 0 Å². The Morgan fingerprint density at radius 1 is 1.42 bits per heavy atom. The Morgan fingerprint density at radius 3 is 2.79 bits per heavy atom. The number of hydrogen-bond donors (Lipinski definition) is 0. The summed E-state index contributed by atoms with van der Waals surface area (Å²) in [7, 11) is 4.10. The molecule has 1 fully saturated rings. The van der Waals surface area contributed by atoms with E-state index in [0.717, 1.165) is 40.4 Å². The van der Waals surface area contributed by atoms with Crippen molar-refractivity contribution in [2.75, 3.05) is 27.2 Å². The average molecular weight is 390 g/mol. The summed E-state index contributed by atoms with van der Waals surface area (Å²) in [5.41, 5.74) is 0.744. The summed E-state index contributed by atoms with van der Waals surface area (Å²) in [6, 6.07) is 6.04. The smallest absolute Gasteiger partial charge is 0.255 e. The number of carbonyl (C=O) groups is 1. The van der Waals surface area contributed by atoms with E-state index in [1.54, 1.807) is 0 Å². The highest BCUT2D eigenvalue weighted by molar-refractivity contribution is 9.11. The van der Waals surface area contributed by atoms with Gasteiger partial charge in [-0.05, 0) is 61.1 Å². The van der Waals surface area contributed by atoms with Gasteiger partial charge in [0, 0.05) is 28.1 Å². The highest BCUT2D eigenvalue weighted by Gasteiger charge is 2.30. The van der Waals surface area contributed by atoms with E-state index in [4.69, 9.17) is 0 Å². The van der Waals surface area contributed by atoms with E-state index in [0.29, 0.717) is 6.04 Å². The van der Waals surface area contributed by atoms with E-state index in [1.165, 1.54) is 0 Å². The van der Waals surface area contributed by atoms with Crippen molar-refractivity contribution in [2.24, 2.45) is 0 Å². The molecule has 0 spiro atoms. The van der Waals surface area contributed by atoms with Gasteiger partial charge in [-0.2, -0.15) is 0 Å². The Morgan fingerprint density at radius 2 is 2.16 bits per heavy atom. The third-order valence-corrected chi connectivity index (χ3v) is 4.52. The molecule has 104 valence electrons. The molecule has 1 aliphatic heterocycles. The first-order valence-electron chi connectivity index (χ1n) is 6.40. The van der Waals surface area contributed by atoms with Crippen LogP contribution < -0.4 is 0 Å². The Kier molecular flexibility index (Phi) is 5.03. The monoisotopic (exact) mass is 388 g/mol. The fraction of sp³-hybridized carbons (Fsp3) is 0.500. The molecule has 2 rings (SSSR count). The van der Waals surface area contributed by atoms with Crippen LogP contribution in [-0.4, -0.2) is 48.9 Å². The molecule has 1 unspecified atom stereocenters. The molecule has 3 nitrogen and oxygen atoms in total. The molecular formula is C14H18Br2N2O. The lowest BCUT2D eigenvalue weighted by molar-refractivity contribution is 0.0715. The number of hydrogen-bond acceptors (Lipinski definition) is 2. The molecule has 0 aromatic heterocycles.